The number of quaternary nitrogens is 1. The van der Waals surface area contributed by atoms with Crippen LogP contribution in [0.4, 0.5) is 0 Å². The third-order valence-corrected chi connectivity index (χ3v) is 0.891. The Hall–Kier alpha value is -0.450. The lowest BCUT2D eigenvalue weighted by molar-refractivity contribution is -0.805. The van der Waals surface area contributed by atoms with Crippen LogP contribution in [-0.4, -0.2) is 12.5 Å². The maximum absolute atomic E-state index is 10.2. The van der Waals surface area contributed by atoms with Crippen molar-refractivity contribution >= 4 is 5.91 Å². The molecule has 1 unspecified atom stereocenters. The van der Waals surface area contributed by atoms with Crippen molar-refractivity contribution in [2.75, 3.05) is 6.54 Å². The Labute approximate surface area is 40.7 Å². The number of carbonyl (C=O) groups excluding carboxylic acids is 1. The molecule has 40 valence electrons. The molecule has 0 aliphatic carbocycles. The van der Waals surface area contributed by atoms with Gasteiger partial charge in [0.05, 0.1) is 13.0 Å². The van der Waals surface area contributed by atoms with Crippen molar-refractivity contribution in [2.45, 2.75) is 6.42 Å². The molecule has 1 rings (SSSR count). The minimum atomic E-state index is -0.431. The van der Waals surface area contributed by atoms with Crippen LogP contribution in [0.2, 0.25) is 0 Å². The molecule has 1 aliphatic heterocycles. The van der Waals surface area contributed by atoms with Gasteiger partial charge in [0, 0.05) is 0 Å². The Morgan fingerprint density at radius 1 is 1.86 bits per heavy atom. The van der Waals surface area contributed by atoms with Crippen LogP contribution in [0.3, 0.4) is 0 Å². The van der Waals surface area contributed by atoms with Gasteiger partial charge in [0.2, 0.25) is 0 Å². The number of amides is 1. The van der Waals surface area contributed by atoms with Crippen LogP contribution in [0, 0.1) is 5.21 Å². The fourth-order valence-electron chi connectivity index (χ4n) is 0.502. The average molecular weight is 102 g/mol. The monoisotopic (exact) mass is 102 g/mol. The van der Waals surface area contributed by atoms with E-state index in [0.717, 1.165) is 0 Å². The fourth-order valence-corrected chi connectivity index (χ4v) is 0.502. The van der Waals surface area contributed by atoms with Gasteiger partial charge in [-0.15, -0.1) is 0 Å². The summed E-state index contributed by atoms with van der Waals surface area (Å²) >= 11 is 0. The van der Waals surface area contributed by atoms with E-state index in [9.17, 15) is 10.0 Å². The van der Waals surface area contributed by atoms with Gasteiger partial charge in [0.15, 0.2) is 0 Å². The Balaban J connectivity index is 2.48. The molecule has 1 aliphatic rings. The lowest BCUT2D eigenvalue weighted by Gasteiger charge is -2.08. The highest BCUT2D eigenvalue weighted by Crippen LogP contribution is 1.73. The first-order chi connectivity index (χ1) is 3.30. The second-order valence-corrected chi connectivity index (χ2v) is 1.43. The van der Waals surface area contributed by atoms with E-state index in [0.29, 0.717) is 13.0 Å². The van der Waals surface area contributed by atoms with Gasteiger partial charge in [0.1, 0.15) is 0 Å². The van der Waals surface area contributed by atoms with E-state index >= 15 is 0 Å². The maximum atomic E-state index is 10.2. The zero-order valence-corrected chi connectivity index (χ0v) is 3.73. The number of carbonyl (C=O) groups is 1. The van der Waals surface area contributed by atoms with E-state index in [1.807, 2.05) is 0 Å². The first-order valence-electron chi connectivity index (χ1n) is 2.12. The molecule has 1 heterocycles. The first kappa shape index (κ1) is 4.70. The molecule has 1 amide bonds. The number of hydrogen-bond acceptors (Lipinski definition) is 3. The SMILES string of the molecule is O=C1CCN[NH+]1[O-]. The van der Waals surface area contributed by atoms with Gasteiger partial charge < -0.3 is 5.21 Å². The van der Waals surface area contributed by atoms with Gasteiger partial charge in [0.25, 0.3) is 0 Å². The summed E-state index contributed by atoms with van der Waals surface area (Å²) in [6, 6.07) is 0. The molecule has 1 saturated heterocycles. The standard InChI is InChI=1S/C3H6N2O2/c6-3-1-2-4-5(3)7/h4-5H,1-2H2. The normalized spacial score (nSPS) is 31.6. The molecule has 0 aromatic carbocycles. The van der Waals surface area contributed by atoms with Crippen molar-refractivity contribution in [3.8, 4) is 0 Å². The average Bonchev–Trinajstić information content (AvgIpc) is 1.91. The minimum Gasteiger partial charge on any atom is -0.606 e. The summed E-state index contributed by atoms with van der Waals surface area (Å²) in [6.45, 7) is 0.525. The summed E-state index contributed by atoms with van der Waals surface area (Å²) in [5, 5.41) is 9.68. The third kappa shape index (κ3) is 0.767. The molecule has 0 aromatic rings. The summed E-state index contributed by atoms with van der Waals surface area (Å²) < 4.78 is 0. The number of rotatable bonds is 0. The molecule has 4 nitrogen and oxygen atoms in total. The summed E-state index contributed by atoms with van der Waals surface area (Å²) in [5.74, 6) is -0.292. The Bertz CT molecular complexity index is 92.9. The molecule has 0 radical (unpaired) electrons. The Morgan fingerprint density at radius 2 is 2.57 bits per heavy atom. The third-order valence-electron chi connectivity index (χ3n) is 0.891. The van der Waals surface area contributed by atoms with E-state index in [-0.39, 0.29) is 5.91 Å². The smallest absolute Gasteiger partial charge is 0.332 e. The molecule has 0 bridgehead atoms. The molecule has 0 spiro atoms. The van der Waals surface area contributed by atoms with Gasteiger partial charge in [-0.05, 0) is 0 Å². The lowest BCUT2D eigenvalue weighted by Crippen LogP contribution is -3.13. The van der Waals surface area contributed by atoms with Crippen molar-refractivity contribution in [2.24, 2.45) is 0 Å². The van der Waals surface area contributed by atoms with E-state index in [2.05, 4.69) is 5.43 Å². The van der Waals surface area contributed by atoms with Crippen molar-refractivity contribution < 1.29 is 9.97 Å². The first-order valence-corrected chi connectivity index (χ1v) is 2.12. The van der Waals surface area contributed by atoms with Gasteiger partial charge in [-0.3, -0.25) is 0 Å². The Kier molecular flexibility index (Phi) is 1.06. The molecule has 1 fully saturated rings. The van der Waals surface area contributed by atoms with Crippen LogP contribution in [0.15, 0.2) is 0 Å². The molecule has 2 N–H and O–H groups in total. The maximum Gasteiger partial charge on any atom is 0.332 e. The molecule has 1 atom stereocenters. The van der Waals surface area contributed by atoms with Crippen LogP contribution < -0.4 is 10.6 Å². The molecule has 7 heavy (non-hydrogen) atoms. The highest BCUT2D eigenvalue weighted by Gasteiger charge is 2.17. The van der Waals surface area contributed by atoms with Crippen molar-refractivity contribution in [1.82, 2.24) is 5.43 Å². The Morgan fingerprint density at radius 3 is 2.71 bits per heavy atom. The fraction of sp³-hybridized carbons (Fsp3) is 0.667. The molecular weight excluding hydrogens is 96.0 g/mol. The van der Waals surface area contributed by atoms with Crippen LogP contribution in [-0.2, 0) is 4.79 Å². The van der Waals surface area contributed by atoms with Crippen LogP contribution in [0.25, 0.3) is 0 Å². The second kappa shape index (κ2) is 1.57. The summed E-state index contributed by atoms with van der Waals surface area (Å²) in [5.41, 5.74) is 2.38. The predicted molar refractivity (Wildman–Crippen MR) is 22.0 cm³/mol. The zero-order valence-electron chi connectivity index (χ0n) is 3.73. The van der Waals surface area contributed by atoms with Crippen molar-refractivity contribution in [3.63, 3.8) is 0 Å². The highest BCUT2D eigenvalue weighted by atomic mass is 16.6. The van der Waals surface area contributed by atoms with E-state index in [1.54, 1.807) is 0 Å². The quantitative estimate of drug-likeness (QED) is 0.341. The van der Waals surface area contributed by atoms with Crippen molar-refractivity contribution in [3.05, 3.63) is 5.21 Å². The van der Waals surface area contributed by atoms with E-state index in [4.69, 9.17) is 0 Å². The van der Waals surface area contributed by atoms with Crippen molar-refractivity contribution in [1.29, 1.82) is 0 Å². The lowest BCUT2D eigenvalue weighted by atomic mass is 10.5. The summed E-state index contributed by atoms with van der Waals surface area (Å²) in [4.78, 5) is 10.2. The van der Waals surface area contributed by atoms with Gasteiger partial charge in [-0.1, -0.05) is 0 Å². The largest absolute Gasteiger partial charge is 0.606 e. The van der Waals surface area contributed by atoms with Gasteiger partial charge >= 0.3 is 5.91 Å². The predicted octanol–water partition coefficient (Wildman–Crippen LogP) is -2.20. The molecule has 4 heteroatoms. The summed E-state index contributed by atoms with van der Waals surface area (Å²) in [7, 11) is 0. The highest BCUT2D eigenvalue weighted by molar-refractivity contribution is 5.67. The number of hydroxylamine groups is 1. The molecule has 0 saturated carbocycles. The summed E-state index contributed by atoms with van der Waals surface area (Å²) in [6.07, 6.45) is 0.374. The van der Waals surface area contributed by atoms with E-state index < -0.39 is 5.17 Å². The van der Waals surface area contributed by atoms with Crippen LogP contribution in [0.5, 0.6) is 0 Å². The zero-order chi connectivity index (χ0) is 5.28. The topological polar surface area (TPSA) is 56.6 Å². The van der Waals surface area contributed by atoms with Gasteiger partial charge in [-0.2, -0.15) is 5.43 Å². The molecule has 0 aromatic heterocycles. The van der Waals surface area contributed by atoms with Crippen LogP contribution >= 0.6 is 0 Å². The minimum absolute atomic E-state index is 0.292. The molecular formula is C3H6N2O2. The van der Waals surface area contributed by atoms with Gasteiger partial charge in [-0.25, -0.2) is 9.97 Å². The van der Waals surface area contributed by atoms with E-state index in [1.165, 1.54) is 0 Å². The van der Waals surface area contributed by atoms with Crippen LogP contribution in [0.1, 0.15) is 6.42 Å². The second-order valence-electron chi connectivity index (χ2n) is 1.43. The number of hydrogen-bond donors (Lipinski definition) is 2. The number of nitrogens with one attached hydrogen (secondary N) is 2.